The maximum Gasteiger partial charge on any atom is 0.421 e. The summed E-state index contributed by atoms with van der Waals surface area (Å²) in [6.07, 6.45) is -2.25. The number of carbonyl (C=O) groups is 1. The van der Waals surface area contributed by atoms with E-state index in [9.17, 15) is 22.8 Å². The van der Waals surface area contributed by atoms with Crippen molar-refractivity contribution in [2.24, 2.45) is 5.92 Å². The van der Waals surface area contributed by atoms with Gasteiger partial charge >= 0.3 is 6.18 Å². The number of amides is 1. The molecule has 0 spiro atoms. The summed E-state index contributed by atoms with van der Waals surface area (Å²) >= 11 is 0. The van der Waals surface area contributed by atoms with E-state index < -0.39 is 29.8 Å². The Hall–Kier alpha value is -1.83. The molecule has 1 aliphatic rings. The second kappa shape index (κ2) is 6.51. The number of piperidine rings is 1. The average Bonchev–Trinajstić information content (AvgIpc) is 2.48. The van der Waals surface area contributed by atoms with E-state index >= 15 is 0 Å². The zero-order chi connectivity index (χ0) is 16.3. The molecule has 5 nitrogen and oxygen atoms in total. The van der Waals surface area contributed by atoms with Crippen LogP contribution in [0.5, 0.6) is 0 Å². The number of hydrogen-bond acceptors (Lipinski definition) is 3. The van der Waals surface area contributed by atoms with E-state index in [1.165, 1.54) is 11.1 Å². The van der Waals surface area contributed by atoms with Crippen molar-refractivity contribution in [1.82, 2.24) is 9.47 Å². The molecule has 0 atom stereocenters. The minimum atomic E-state index is -4.73. The van der Waals surface area contributed by atoms with E-state index in [1.807, 2.05) is 0 Å². The van der Waals surface area contributed by atoms with Crippen molar-refractivity contribution < 1.29 is 23.1 Å². The van der Waals surface area contributed by atoms with Crippen molar-refractivity contribution >= 4 is 5.91 Å². The van der Waals surface area contributed by atoms with Gasteiger partial charge in [-0.25, -0.2) is 0 Å². The van der Waals surface area contributed by atoms with Crippen molar-refractivity contribution in [2.75, 3.05) is 19.7 Å². The Bertz CT molecular complexity index is 590. The third kappa shape index (κ3) is 3.68. The number of alkyl halides is 3. The van der Waals surface area contributed by atoms with Crippen LogP contribution in [0.25, 0.3) is 0 Å². The normalized spacial score (nSPS) is 16.8. The van der Waals surface area contributed by atoms with Gasteiger partial charge in [-0.05, 0) is 30.9 Å². The summed E-state index contributed by atoms with van der Waals surface area (Å²) in [5.41, 5.74) is -2.49. The summed E-state index contributed by atoms with van der Waals surface area (Å²) in [5, 5.41) is 9.04. The van der Waals surface area contributed by atoms with Gasteiger partial charge in [0.2, 0.25) is 5.91 Å². The monoisotopic (exact) mass is 318 g/mol. The van der Waals surface area contributed by atoms with Crippen molar-refractivity contribution in [2.45, 2.75) is 25.6 Å². The van der Waals surface area contributed by atoms with Crippen molar-refractivity contribution in [3.63, 3.8) is 0 Å². The fraction of sp³-hybridized carbons (Fsp3) is 0.571. The van der Waals surface area contributed by atoms with Gasteiger partial charge in [-0.1, -0.05) is 0 Å². The van der Waals surface area contributed by atoms with E-state index in [0.717, 1.165) is 10.6 Å². The van der Waals surface area contributed by atoms with Crippen LogP contribution in [-0.4, -0.2) is 40.2 Å². The number of rotatable bonds is 3. The summed E-state index contributed by atoms with van der Waals surface area (Å²) in [5.74, 6) is -0.238. The number of carbonyl (C=O) groups excluding carboxylic acids is 1. The summed E-state index contributed by atoms with van der Waals surface area (Å²) < 4.78 is 38.8. The van der Waals surface area contributed by atoms with Crippen LogP contribution in [0.2, 0.25) is 0 Å². The first-order chi connectivity index (χ1) is 10.3. The lowest BCUT2D eigenvalue weighted by molar-refractivity contribution is -0.140. The predicted molar refractivity (Wildman–Crippen MR) is 72.1 cm³/mol. The van der Waals surface area contributed by atoms with Crippen LogP contribution < -0.4 is 5.56 Å². The third-order valence-corrected chi connectivity index (χ3v) is 3.86. The molecule has 1 amide bonds. The van der Waals surface area contributed by atoms with E-state index in [4.69, 9.17) is 5.11 Å². The number of aliphatic hydroxyl groups is 1. The van der Waals surface area contributed by atoms with Crippen LogP contribution >= 0.6 is 0 Å². The van der Waals surface area contributed by atoms with Gasteiger partial charge in [0, 0.05) is 25.9 Å². The second-order valence-corrected chi connectivity index (χ2v) is 5.36. The third-order valence-electron chi connectivity index (χ3n) is 3.86. The van der Waals surface area contributed by atoms with E-state index in [-0.39, 0.29) is 12.5 Å². The minimum Gasteiger partial charge on any atom is -0.396 e. The molecule has 122 valence electrons. The summed E-state index contributed by atoms with van der Waals surface area (Å²) in [7, 11) is 0. The Morgan fingerprint density at radius 3 is 2.50 bits per heavy atom. The zero-order valence-electron chi connectivity index (χ0n) is 11.8. The molecule has 2 heterocycles. The van der Waals surface area contributed by atoms with Crippen molar-refractivity contribution in [1.29, 1.82) is 0 Å². The molecular weight excluding hydrogens is 301 g/mol. The maximum atomic E-state index is 12.7. The van der Waals surface area contributed by atoms with Crippen LogP contribution in [0, 0.1) is 5.92 Å². The van der Waals surface area contributed by atoms with Gasteiger partial charge in [-0.2, -0.15) is 13.2 Å². The fourth-order valence-corrected chi connectivity index (χ4v) is 2.49. The smallest absolute Gasteiger partial charge is 0.396 e. The minimum absolute atomic E-state index is 0.0646. The van der Waals surface area contributed by atoms with Gasteiger partial charge in [-0.3, -0.25) is 9.59 Å². The van der Waals surface area contributed by atoms with Gasteiger partial charge in [0.25, 0.3) is 5.56 Å². The van der Waals surface area contributed by atoms with Crippen molar-refractivity contribution in [3.05, 3.63) is 34.2 Å². The molecule has 0 aliphatic carbocycles. The average molecular weight is 318 g/mol. The molecule has 2 rings (SSSR count). The second-order valence-electron chi connectivity index (χ2n) is 5.36. The standard InChI is InChI=1S/C14H17F3N2O3/c15-14(16,17)11-2-1-5-19(13(11)22)8-12(21)18-6-3-10(9-20)4-7-18/h1-2,5,10,20H,3-4,6-9H2. The van der Waals surface area contributed by atoms with Crippen LogP contribution in [0.3, 0.4) is 0 Å². The highest BCUT2D eigenvalue weighted by atomic mass is 19.4. The first-order valence-electron chi connectivity index (χ1n) is 6.98. The highest BCUT2D eigenvalue weighted by Crippen LogP contribution is 2.26. The molecule has 1 aliphatic heterocycles. The SMILES string of the molecule is O=C(Cn1cccc(C(F)(F)F)c1=O)N1CCC(CO)CC1. The number of likely N-dealkylation sites (tertiary alicyclic amines) is 1. The molecule has 1 fully saturated rings. The van der Waals surface area contributed by atoms with Gasteiger partial charge in [0.15, 0.2) is 0 Å². The lowest BCUT2D eigenvalue weighted by Gasteiger charge is -2.31. The van der Waals surface area contributed by atoms with Crippen LogP contribution in [0.4, 0.5) is 13.2 Å². The fourth-order valence-electron chi connectivity index (χ4n) is 2.49. The first-order valence-corrected chi connectivity index (χ1v) is 6.98. The maximum absolute atomic E-state index is 12.7. The lowest BCUT2D eigenvalue weighted by atomic mass is 9.98. The number of hydrogen-bond donors (Lipinski definition) is 1. The largest absolute Gasteiger partial charge is 0.421 e. The van der Waals surface area contributed by atoms with Gasteiger partial charge in [0.05, 0.1) is 0 Å². The molecule has 1 saturated heterocycles. The summed E-state index contributed by atoms with van der Waals surface area (Å²) in [6, 6.07) is 1.81. The molecule has 1 aromatic rings. The molecule has 0 radical (unpaired) electrons. The molecule has 0 saturated carbocycles. The number of nitrogens with zero attached hydrogens (tertiary/aromatic N) is 2. The number of pyridine rings is 1. The summed E-state index contributed by atoms with van der Waals surface area (Å²) in [6.45, 7) is 0.539. The highest BCUT2D eigenvalue weighted by Gasteiger charge is 2.34. The van der Waals surface area contributed by atoms with Gasteiger partial charge in [0.1, 0.15) is 12.1 Å². The number of halogens is 3. The zero-order valence-corrected chi connectivity index (χ0v) is 11.8. The van der Waals surface area contributed by atoms with E-state index in [0.29, 0.717) is 32.0 Å². The van der Waals surface area contributed by atoms with Crippen molar-refractivity contribution in [3.8, 4) is 0 Å². The Morgan fingerprint density at radius 2 is 1.95 bits per heavy atom. The lowest BCUT2D eigenvalue weighted by Crippen LogP contribution is -2.42. The molecule has 1 aromatic heterocycles. The Morgan fingerprint density at radius 1 is 1.32 bits per heavy atom. The molecule has 8 heteroatoms. The van der Waals surface area contributed by atoms with Gasteiger partial charge in [-0.15, -0.1) is 0 Å². The molecule has 1 N–H and O–H groups in total. The molecule has 0 aromatic carbocycles. The molecule has 22 heavy (non-hydrogen) atoms. The Labute approximate surface area is 125 Å². The predicted octanol–water partition coefficient (Wildman–Crippen LogP) is 1.10. The first kappa shape index (κ1) is 16.5. The van der Waals surface area contributed by atoms with Crippen LogP contribution in [-0.2, 0) is 17.5 Å². The Kier molecular flexibility index (Phi) is 4.90. The number of aromatic nitrogens is 1. The Balaban J connectivity index is 2.08. The van der Waals surface area contributed by atoms with Crippen LogP contribution in [0.1, 0.15) is 18.4 Å². The topological polar surface area (TPSA) is 62.5 Å². The molecule has 0 unspecified atom stereocenters. The van der Waals surface area contributed by atoms with E-state index in [2.05, 4.69) is 0 Å². The molecule has 0 bridgehead atoms. The van der Waals surface area contributed by atoms with E-state index in [1.54, 1.807) is 0 Å². The highest BCUT2D eigenvalue weighted by molar-refractivity contribution is 5.76. The quantitative estimate of drug-likeness (QED) is 0.908. The molecular formula is C14H17F3N2O3. The van der Waals surface area contributed by atoms with Crippen LogP contribution in [0.15, 0.2) is 23.1 Å². The number of aliphatic hydroxyl groups excluding tert-OH is 1. The summed E-state index contributed by atoms with van der Waals surface area (Å²) in [4.78, 5) is 25.4. The van der Waals surface area contributed by atoms with Gasteiger partial charge < -0.3 is 14.6 Å².